The monoisotopic (exact) mass is 442 g/mol. The first-order valence-corrected chi connectivity index (χ1v) is 11.0. The molecule has 1 saturated heterocycles. The maximum atomic E-state index is 13.1. The molecule has 1 heterocycles. The minimum absolute atomic E-state index is 0.144. The van der Waals surface area contributed by atoms with Gasteiger partial charge in [0, 0.05) is 18.4 Å². The summed E-state index contributed by atoms with van der Waals surface area (Å²) in [6.07, 6.45) is 1.69. The molecule has 168 valence electrons. The molecule has 0 aromatic carbocycles. The second-order valence-electron chi connectivity index (χ2n) is 9.34. The highest BCUT2D eigenvalue weighted by Gasteiger charge is 2.78. The largest absolute Gasteiger partial charge is 0.462 e. The van der Waals surface area contributed by atoms with E-state index in [1.54, 1.807) is 19.9 Å². The van der Waals surface area contributed by atoms with Crippen LogP contribution in [0.15, 0.2) is 11.6 Å². The highest BCUT2D eigenvalue weighted by atomic mass is 35.5. The molecule has 1 N–H and O–H groups in total. The molecule has 0 radical (unpaired) electrons. The molecular weight excluding hydrogens is 412 g/mol. The number of allylic oxidation sites excluding steroid dienone is 1. The fourth-order valence-electron chi connectivity index (χ4n) is 5.76. The van der Waals surface area contributed by atoms with Crippen LogP contribution in [0.5, 0.6) is 0 Å². The Kier molecular flexibility index (Phi) is 6.02. The van der Waals surface area contributed by atoms with Crippen LogP contribution in [0, 0.1) is 22.7 Å². The molecule has 7 atom stereocenters. The van der Waals surface area contributed by atoms with Crippen molar-refractivity contribution in [3.63, 3.8) is 0 Å². The van der Waals surface area contributed by atoms with Gasteiger partial charge in [0.2, 0.25) is 0 Å². The first kappa shape index (κ1) is 23.1. The summed E-state index contributed by atoms with van der Waals surface area (Å²) in [5.74, 6) is -2.20. The first-order chi connectivity index (χ1) is 14.0. The van der Waals surface area contributed by atoms with Crippen molar-refractivity contribution >= 4 is 29.5 Å². The van der Waals surface area contributed by atoms with Gasteiger partial charge in [0.25, 0.3) is 0 Å². The number of halogens is 1. The van der Waals surface area contributed by atoms with Gasteiger partial charge in [-0.3, -0.25) is 9.59 Å². The van der Waals surface area contributed by atoms with Gasteiger partial charge in [-0.05, 0) is 44.4 Å². The minimum Gasteiger partial charge on any atom is -0.462 e. The zero-order valence-electron chi connectivity index (χ0n) is 18.2. The smallest absolute Gasteiger partial charge is 0.333 e. The minimum atomic E-state index is -1.68. The van der Waals surface area contributed by atoms with Crippen LogP contribution in [0.1, 0.15) is 53.9 Å². The SMILES string of the molecule is C/C=C(/C)C(=O)O[C@H]1CC[C@H](C)[C@@]2(C)C[C@]3(C(=O)OC[C@]3(O)CCl)[C@H](OC(C)=O)[C@@H]12. The maximum Gasteiger partial charge on any atom is 0.333 e. The van der Waals surface area contributed by atoms with Gasteiger partial charge in [-0.15, -0.1) is 11.6 Å². The van der Waals surface area contributed by atoms with Crippen LogP contribution >= 0.6 is 11.6 Å². The van der Waals surface area contributed by atoms with Gasteiger partial charge in [0.15, 0.2) is 0 Å². The molecule has 1 aliphatic heterocycles. The quantitative estimate of drug-likeness (QED) is 0.309. The molecule has 1 spiro atoms. The number of ether oxygens (including phenoxy) is 3. The molecule has 7 nitrogen and oxygen atoms in total. The summed E-state index contributed by atoms with van der Waals surface area (Å²) in [7, 11) is 0. The highest BCUT2D eigenvalue weighted by Crippen LogP contribution is 2.67. The topological polar surface area (TPSA) is 99.1 Å². The lowest BCUT2D eigenvalue weighted by Crippen LogP contribution is -2.58. The Balaban J connectivity index is 2.13. The van der Waals surface area contributed by atoms with E-state index in [0.717, 1.165) is 6.42 Å². The Labute approximate surface area is 182 Å². The zero-order valence-corrected chi connectivity index (χ0v) is 19.0. The molecule has 0 amide bonds. The van der Waals surface area contributed by atoms with E-state index < -0.39 is 52.5 Å². The van der Waals surface area contributed by atoms with Crippen LogP contribution in [0.4, 0.5) is 0 Å². The number of fused-ring (bicyclic) bond motifs is 1. The third kappa shape index (κ3) is 3.16. The van der Waals surface area contributed by atoms with Crippen molar-refractivity contribution in [2.45, 2.75) is 71.7 Å². The zero-order chi connectivity index (χ0) is 22.5. The summed E-state index contributed by atoms with van der Waals surface area (Å²) in [5.41, 5.74) is -3.24. The second-order valence-corrected chi connectivity index (χ2v) is 9.61. The number of alkyl halides is 1. The van der Waals surface area contributed by atoms with Crippen molar-refractivity contribution in [3.05, 3.63) is 11.6 Å². The van der Waals surface area contributed by atoms with Crippen molar-refractivity contribution in [3.8, 4) is 0 Å². The van der Waals surface area contributed by atoms with Gasteiger partial charge in [-0.25, -0.2) is 4.79 Å². The Morgan fingerprint density at radius 1 is 1.30 bits per heavy atom. The van der Waals surface area contributed by atoms with E-state index >= 15 is 0 Å². The summed E-state index contributed by atoms with van der Waals surface area (Å²) >= 11 is 6.13. The molecule has 2 saturated carbocycles. The number of hydrogen-bond acceptors (Lipinski definition) is 7. The van der Waals surface area contributed by atoms with Crippen molar-refractivity contribution < 1.29 is 33.7 Å². The summed E-state index contributed by atoms with van der Waals surface area (Å²) < 4.78 is 16.9. The van der Waals surface area contributed by atoms with Gasteiger partial charge in [-0.2, -0.15) is 0 Å². The van der Waals surface area contributed by atoms with Crippen LogP contribution in [-0.4, -0.2) is 53.3 Å². The lowest BCUT2D eigenvalue weighted by Gasteiger charge is -2.46. The van der Waals surface area contributed by atoms with Gasteiger partial charge in [0.1, 0.15) is 29.8 Å². The van der Waals surface area contributed by atoms with Crippen LogP contribution in [0.3, 0.4) is 0 Å². The van der Waals surface area contributed by atoms with Gasteiger partial charge in [-0.1, -0.05) is 19.9 Å². The molecule has 2 aliphatic carbocycles. The molecule has 0 unspecified atom stereocenters. The van der Waals surface area contributed by atoms with Crippen molar-refractivity contribution in [2.24, 2.45) is 22.7 Å². The van der Waals surface area contributed by atoms with Crippen molar-refractivity contribution in [1.29, 1.82) is 0 Å². The number of hydrogen-bond donors (Lipinski definition) is 1. The number of cyclic esters (lactones) is 1. The average Bonchev–Trinajstić information content (AvgIpc) is 3.11. The summed E-state index contributed by atoms with van der Waals surface area (Å²) in [6, 6.07) is 0. The molecule has 0 aromatic rings. The van der Waals surface area contributed by atoms with Gasteiger partial charge < -0.3 is 19.3 Å². The number of rotatable bonds is 4. The van der Waals surface area contributed by atoms with Crippen LogP contribution in [0.2, 0.25) is 0 Å². The lowest BCUT2D eigenvalue weighted by atomic mass is 9.61. The van der Waals surface area contributed by atoms with Crippen molar-refractivity contribution in [1.82, 2.24) is 0 Å². The van der Waals surface area contributed by atoms with Crippen LogP contribution in [-0.2, 0) is 28.6 Å². The lowest BCUT2D eigenvalue weighted by molar-refractivity contribution is -0.181. The standard InChI is InChI=1S/C22H31ClO7/c1-6-12(2)18(25)30-15-8-7-13(3)20(5)9-22(17(16(15)20)29-14(4)24)19(26)28-11-21(22,27)10-23/h6,13,15-17,27H,7-11H2,1-5H3/b12-6-/t13-,15-,16+,17+,20+,21+,22+/m0/s1. The second kappa shape index (κ2) is 7.83. The van der Waals surface area contributed by atoms with E-state index in [0.29, 0.717) is 12.0 Å². The third-order valence-corrected chi connectivity index (χ3v) is 8.25. The summed E-state index contributed by atoms with van der Waals surface area (Å²) in [6.45, 7) is 8.52. The van der Waals surface area contributed by atoms with E-state index in [9.17, 15) is 19.5 Å². The molecule has 3 rings (SSSR count). The number of carbonyl (C=O) groups is 3. The Morgan fingerprint density at radius 2 is 1.97 bits per heavy atom. The van der Waals surface area contributed by atoms with E-state index in [4.69, 9.17) is 25.8 Å². The predicted molar refractivity (Wildman–Crippen MR) is 109 cm³/mol. The summed E-state index contributed by atoms with van der Waals surface area (Å²) in [5, 5.41) is 11.4. The summed E-state index contributed by atoms with van der Waals surface area (Å²) in [4.78, 5) is 37.7. The van der Waals surface area contributed by atoms with Crippen LogP contribution < -0.4 is 0 Å². The van der Waals surface area contributed by atoms with E-state index in [1.807, 2.05) is 6.92 Å². The van der Waals surface area contributed by atoms with E-state index in [-0.39, 0.29) is 24.8 Å². The van der Waals surface area contributed by atoms with E-state index in [1.165, 1.54) is 6.92 Å². The number of esters is 3. The molecule has 3 aliphatic rings. The van der Waals surface area contributed by atoms with Crippen LogP contribution in [0.25, 0.3) is 0 Å². The number of carbonyl (C=O) groups excluding carboxylic acids is 3. The number of aliphatic hydroxyl groups is 1. The molecule has 0 aromatic heterocycles. The molecule has 8 heteroatoms. The Morgan fingerprint density at radius 3 is 2.53 bits per heavy atom. The molecular formula is C22H31ClO7. The fraction of sp³-hybridized carbons (Fsp3) is 0.773. The van der Waals surface area contributed by atoms with Gasteiger partial charge >= 0.3 is 17.9 Å². The molecule has 3 fully saturated rings. The van der Waals surface area contributed by atoms with Crippen molar-refractivity contribution in [2.75, 3.05) is 12.5 Å². The van der Waals surface area contributed by atoms with Gasteiger partial charge in [0.05, 0.1) is 5.88 Å². The predicted octanol–water partition coefficient (Wildman–Crippen LogP) is 2.77. The molecule has 30 heavy (non-hydrogen) atoms. The highest BCUT2D eigenvalue weighted by molar-refractivity contribution is 6.19. The Hall–Kier alpha value is -1.60. The average molecular weight is 443 g/mol. The fourth-order valence-corrected chi connectivity index (χ4v) is 6.07. The molecule has 0 bridgehead atoms. The normalized spacial score (nSPS) is 43.3. The maximum absolute atomic E-state index is 13.1. The third-order valence-electron chi connectivity index (χ3n) is 7.81. The first-order valence-electron chi connectivity index (χ1n) is 10.4. The van der Waals surface area contributed by atoms with E-state index in [2.05, 4.69) is 6.92 Å². The Bertz CT molecular complexity index is 779.